The highest BCUT2D eigenvalue weighted by molar-refractivity contribution is 9.10. The van der Waals surface area contributed by atoms with Gasteiger partial charge in [-0.25, -0.2) is 0 Å². The molecule has 4 heteroatoms. The third-order valence-electron chi connectivity index (χ3n) is 3.50. The van der Waals surface area contributed by atoms with Gasteiger partial charge < -0.3 is 10.1 Å². The van der Waals surface area contributed by atoms with Gasteiger partial charge in [0.2, 0.25) is 0 Å². The summed E-state index contributed by atoms with van der Waals surface area (Å²) in [5.74, 6) is 0. The highest BCUT2D eigenvalue weighted by atomic mass is 79.9. The normalized spacial score (nSPS) is 22.8. The summed E-state index contributed by atoms with van der Waals surface area (Å²) in [5, 5.41) is 4.58. The van der Waals surface area contributed by atoms with Gasteiger partial charge in [-0.2, -0.15) is 0 Å². The minimum Gasteiger partial charge on any atom is -0.382 e. The Morgan fingerprint density at radius 1 is 1.37 bits per heavy atom. The first-order chi connectivity index (χ1) is 9.20. The molecular formula is C15H17BrN2O. The zero-order valence-corrected chi connectivity index (χ0v) is 12.5. The van der Waals surface area contributed by atoms with E-state index in [1.807, 2.05) is 6.20 Å². The van der Waals surface area contributed by atoms with Gasteiger partial charge in [-0.15, -0.1) is 0 Å². The number of halogens is 1. The second-order valence-corrected chi connectivity index (χ2v) is 6.00. The van der Waals surface area contributed by atoms with E-state index in [2.05, 4.69) is 57.4 Å². The van der Waals surface area contributed by atoms with E-state index in [1.54, 1.807) is 0 Å². The molecule has 0 bridgehead atoms. The summed E-state index contributed by atoms with van der Waals surface area (Å²) in [5.41, 5.74) is 2.11. The molecule has 0 amide bonds. The molecule has 1 aromatic carbocycles. The summed E-state index contributed by atoms with van der Waals surface area (Å²) < 4.78 is 6.81. The zero-order chi connectivity index (χ0) is 13.2. The lowest BCUT2D eigenvalue weighted by Crippen LogP contribution is -2.19. The third kappa shape index (κ3) is 3.07. The third-order valence-corrected chi connectivity index (χ3v) is 3.94. The van der Waals surface area contributed by atoms with Crippen LogP contribution in [0.3, 0.4) is 0 Å². The van der Waals surface area contributed by atoms with Crippen LogP contribution in [0.1, 0.15) is 19.8 Å². The number of nitrogens with one attached hydrogen (secondary N) is 1. The lowest BCUT2D eigenvalue weighted by Gasteiger charge is -2.13. The molecule has 1 aliphatic heterocycles. The highest BCUT2D eigenvalue weighted by Gasteiger charge is 2.21. The van der Waals surface area contributed by atoms with Gasteiger partial charge in [-0.3, -0.25) is 4.98 Å². The van der Waals surface area contributed by atoms with Crippen LogP contribution in [-0.2, 0) is 4.74 Å². The van der Waals surface area contributed by atoms with E-state index in [-0.39, 0.29) is 0 Å². The number of aromatic nitrogens is 1. The van der Waals surface area contributed by atoms with Gasteiger partial charge in [0.15, 0.2) is 0 Å². The summed E-state index contributed by atoms with van der Waals surface area (Å²) in [6.07, 6.45) is 4.88. The summed E-state index contributed by atoms with van der Waals surface area (Å²) in [6, 6.07) is 8.34. The molecule has 0 radical (unpaired) electrons. The molecule has 1 aliphatic rings. The van der Waals surface area contributed by atoms with Crippen LogP contribution in [0.15, 0.2) is 34.9 Å². The van der Waals surface area contributed by atoms with Crippen molar-refractivity contribution in [3.05, 3.63) is 34.9 Å². The van der Waals surface area contributed by atoms with Crippen LogP contribution in [0, 0.1) is 0 Å². The minimum atomic E-state index is 0.337. The fourth-order valence-electron chi connectivity index (χ4n) is 2.47. The SMILES string of the molecule is C[C@H]1CC[C@@H](CNc2ccc3cc(Br)cnc3c2)O1. The number of anilines is 1. The summed E-state index contributed by atoms with van der Waals surface area (Å²) >= 11 is 3.44. The summed E-state index contributed by atoms with van der Waals surface area (Å²) in [7, 11) is 0. The smallest absolute Gasteiger partial charge is 0.0751 e. The van der Waals surface area contributed by atoms with E-state index >= 15 is 0 Å². The van der Waals surface area contributed by atoms with Gasteiger partial charge in [0.1, 0.15) is 0 Å². The van der Waals surface area contributed by atoms with Crippen LogP contribution in [-0.4, -0.2) is 23.7 Å². The lowest BCUT2D eigenvalue weighted by molar-refractivity contribution is 0.0637. The number of rotatable bonds is 3. The molecule has 2 aromatic rings. The molecule has 0 unspecified atom stereocenters. The zero-order valence-electron chi connectivity index (χ0n) is 10.9. The maximum Gasteiger partial charge on any atom is 0.0751 e. The van der Waals surface area contributed by atoms with Crippen molar-refractivity contribution in [3.63, 3.8) is 0 Å². The van der Waals surface area contributed by atoms with Crippen molar-refractivity contribution in [2.75, 3.05) is 11.9 Å². The van der Waals surface area contributed by atoms with Gasteiger partial charge in [0.05, 0.1) is 17.7 Å². The van der Waals surface area contributed by atoms with Crippen molar-refractivity contribution < 1.29 is 4.74 Å². The quantitative estimate of drug-likeness (QED) is 0.928. The number of nitrogens with zero attached hydrogens (tertiary/aromatic N) is 1. The number of hydrogen-bond acceptors (Lipinski definition) is 3. The number of fused-ring (bicyclic) bond motifs is 1. The Labute approximate surface area is 121 Å². The van der Waals surface area contributed by atoms with Crippen LogP contribution < -0.4 is 5.32 Å². The molecule has 19 heavy (non-hydrogen) atoms. The van der Waals surface area contributed by atoms with Gasteiger partial charge in [0, 0.05) is 28.3 Å². The minimum absolute atomic E-state index is 0.337. The Balaban J connectivity index is 1.69. The summed E-state index contributed by atoms with van der Waals surface area (Å²) in [6.45, 7) is 3.00. The average molecular weight is 321 g/mol. The first-order valence-corrected chi connectivity index (χ1v) is 7.44. The van der Waals surface area contributed by atoms with Crippen LogP contribution in [0.25, 0.3) is 10.9 Å². The number of pyridine rings is 1. The molecule has 1 fully saturated rings. The molecule has 2 atom stereocenters. The largest absolute Gasteiger partial charge is 0.382 e. The maximum atomic E-state index is 5.80. The maximum absolute atomic E-state index is 5.80. The van der Waals surface area contributed by atoms with Gasteiger partial charge in [0.25, 0.3) is 0 Å². The molecule has 1 aromatic heterocycles. The lowest BCUT2D eigenvalue weighted by atomic mass is 10.2. The second-order valence-electron chi connectivity index (χ2n) is 5.09. The Kier molecular flexibility index (Phi) is 3.71. The Hall–Kier alpha value is -1.13. The molecule has 2 heterocycles. The second kappa shape index (κ2) is 5.47. The van der Waals surface area contributed by atoms with Crippen LogP contribution >= 0.6 is 15.9 Å². The molecule has 0 aliphatic carbocycles. The predicted molar refractivity (Wildman–Crippen MR) is 81.5 cm³/mol. The van der Waals surface area contributed by atoms with Crippen molar-refractivity contribution in [1.82, 2.24) is 4.98 Å². The number of hydrogen-bond donors (Lipinski definition) is 1. The standard InChI is InChI=1S/C15H17BrN2O/c1-10-2-5-14(19-10)9-17-13-4-3-11-6-12(16)8-18-15(11)7-13/h3-4,6-8,10,14,17H,2,5,9H2,1H3/t10-,14-/m0/s1. The van der Waals surface area contributed by atoms with E-state index in [1.165, 1.54) is 6.42 Å². The van der Waals surface area contributed by atoms with Gasteiger partial charge in [-0.05, 0) is 53.9 Å². The summed E-state index contributed by atoms with van der Waals surface area (Å²) in [4.78, 5) is 4.42. The first kappa shape index (κ1) is 12.9. The van der Waals surface area contributed by atoms with Gasteiger partial charge in [-0.1, -0.05) is 6.07 Å². The van der Waals surface area contributed by atoms with E-state index < -0.39 is 0 Å². The van der Waals surface area contributed by atoms with Crippen molar-refractivity contribution in [1.29, 1.82) is 0 Å². The number of ether oxygens (including phenoxy) is 1. The molecular weight excluding hydrogens is 304 g/mol. The first-order valence-electron chi connectivity index (χ1n) is 6.65. The Morgan fingerprint density at radius 2 is 2.26 bits per heavy atom. The van der Waals surface area contributed by atoms with Crippen LogP contribution in [0.5, 0.6) is 0 Å². The van der Waals surface area contributed by atoms with Crippen LogP contribution in [0.4, 0.5) is 5.69 Å². The van der Waals surface area contributed by atoms with E-state index in [0.717, 1.165) is 34.0 Å². The van der Waals surface area contributed by atoms with Crippen molar-refractivity contribution in [2.45, 2.75) is 32.0 Å². The highest BCUT2D eigenvalue weighted by Crippen LogP contribution is 2.22. The predicted octanol–water partition coefficient (Wildman–Crippen LogP) is 3.98. The van der Waals surface area contributed by atoms with Crippen LogP contribution in [0.2, 0.25) is 0 Å². The Morgan fingerprint density at radius 3 is 3.05 bits per heavy atom. The van der Waals surface area contributed by atoms with Crippen molar-refractivity contribution >= 4 is 32.5 Å². The Bertz CT molecular complexity index is 587. The molecule has 1 saturated heterocycles. The number of benzene rings is 1. The van der Waals surface area contributed by atoms with Crippen molar-refractivity contribution in [2.24, 2.45) is 0 Å². The average Bonchev–Trinajstić information content (AvgIpc) is 2.82. The molecule has 0 saturated carbocycles. The fourth-order valence-corrected chi connectivity index (χ4v) is 2.82. The van der Waals surface area contributed by atoms with Gasteiger partial charge >= 0.3 is 0 Å². The molecule has 3 nitrogen and oxygen atoms in total. The molecule has 0 spiro atoms. The van der Waals surface area contributed by atoms with E-state index in [0.29, 0.717) is 12.2 Å². The van der Waals surface area contributed by atoms with E-state index in [9.17, 15) is 0 Å². The molecule has 3 rings (SSSR count). The topological polar surface area (TPSA) is 34.2 Å². The van der Waals surface area contributed by atoms with E-state index in [4.69, 9.17) is 4.74 Å². The molecule has 1 N–H and O–H groups in total. The van der Waals surface area contributed by atoms with Crippen molar-refractivity contribution in [3.8, 4) is 0 Å². The molecule has 100 valence electrons. The monoisotopic (exact) mass is 320 g/mol. The fraction of sp³-hybridized carbons (Fsp3) is 0.400.